The lowest BCUT2D eigenvalue weighted by atomic mass is 9.99. The molecule has 114 valence electrons. The number of thiophene rings is 1. The summed E-state index contributed by atoms with van der Waals surface area (Å²) in [6.45, 7) is 5.19. The van der Waals surface area contributed by atoms with E-state index in [-0.39, 0.29) is 6.04 Å². The van der Waals surface area contributed by atoms with Gasteiger partial charge in [0, 0.05) is 4.88 Å². The second-order valence-electron chi connectivity index (χ2n) is 4.73. The zero-order valence-electron chi connectivity index (χ0n) is 13.1. The number of ether oxygens (including phenoxy) is 2. The topological polar surface area (TPSA) is 30.5 Å². The predicted octanol–water partition coefficient (Wildman–Crippen LogP) is 4.03. The maximum Gasteiger partial charge on any atom is 0.127 e. The van der Waals surface area contributed by atoms with Crippen molar-refractivity contribution in [2.24, 2.45) is 0 Å². The van der Waals surface area contributed by atoms with E-state index >= 15 is 0 Å². The van der Waals surface area contributed by atoms with E-state index in [2.05, 4.69) is 30.6 Å². The number of hydrogen-bond donors (Lipinski definition) is 1. The molecule has 0 saturated carbocycles. The van der Waals surface area contributed by atoms with Gasteiger partial charge in [0.15, 0.2) is 0 Å². The normalized spacial score (nSPS) is 12.2. The minimum absolute atomic E-state index is 0.0936. The molecule has 1 N–H and O–H groups in total. The van der Waals surface area contributed by atoms with Gasteiger partial charge in [-0.2, -0.15) is 0 Å². The van der Waals surface area contributed by atoms with Crippen LogP contribution in [-0.4, -0.2) is 20.8 Å². The first-order valence-electron chi connectivity index (χ1n) is 7.27. The number of rotatable bonds is 7. The standard InChI is InChI=1S/C17H23NO2S/c1-5-12-10-11-21-17(12)16(18-6-2)15-13(19-3)8-7-9-14(15)20-4/h7-11,16,18H,5-6H2,1-4H3. The van der Waals surface area contributed by atoms with Gasteiger partial charge >= 0.3 is 0 Å². The van der Waals surface area contributed by atoms with Crippen LogP contribution in [0.4, 0.5) is 0 Å². The van der Waals surface area contributed by atoms with Crippen molar-refractivity contribution in [3.8, 4) is 11.5 Å². The molecule has 0 amide bonds. The van der Waals surface area contributed by atoms with Crippen LogP contribution in [0.2, 0.25) is 0 Å². The summed E-state index contributed by atoms with van der Waals surface area (Å²) in [7, 11) is 3.41. The second-order valence-corrected chi connectivity index (χ2v) is 5.68. The van der Waals surface area contributed by atoms with Gasteiger partial charge in [-0.25, -0.2) is 0 Å². The number of methoxy groups -OCH3 is 2. The third-order valence-electron chi connectivity index (χ3n) is 3.59. The minimum atomic E-state index is 0.0936. The van der Waals surface area contributed by atoms with Gasteiger partial charge in [-0.15, -0.1) is 11.3 Å². The van der Waals surface area contributed by atoms with E-state index < -0.39 is 0 Å². The molecule has 3 nitrogen and oxygen atoms in total. The van der Waals surface area contributed by atoms with Gasteiger partial charge in [-0.05, 0) is 42.1 Å². The minimum Gasteiger partial charge on any atom is -0.496 e. The molecule has 0 saturated heterocycles. The maximum absolute atomic E-state index is 5.57. The van der Waals surface area contributed by atoms with Crippen LogP contribution in [0.5, 0.6) is 11.5 Å². The van der Waals surface area contributed by atoms with E-state index in [0.29, 0.717) is 0 Å². The Labute approximate surface area is 130 Å². The van der Waals surface area contributed by atoms with Crippen LogP contribution in [0.3, 0.4) is 0 Å². The molecule has 2 aromatic rings. The molecule has 1 atom stereocenters. The number of nitrogens with one attached hydrogen (secondary N) is 1. The van der Waals surface area contributed by atoms with Gasteiger partial charge < -0.3 is 14.8 Å². The molecule has 0 aliphatic carbocycles. The van der Waals surface area contributed by atoms with E-state index in [4.69, 9.17) is 9.47 Å². The van der Waals surface area contributed by atoms with Gasteiger partial charge in [0.05, 0.1) is 25.8 Å². The highest BCUT2D eigenvalue weighted by atomic mass is 32.1. The summed E-state index contributed by atoms with van der Waals surface area (Å²) in [5.74, 6) is 1.71. The molecule has 1 unspecified atom stereocenters. The molecule has 1 aromatic heterocycles. The number of aryl methyl sites for hydroxylation is 1. The zero-order chi connectivity index (χ0) is 15.2. The molecule has 0 radical (unpaired) electrons. The summed E-state index contributed by atoms with van der Waals surface area (Å²) in [5, 5.41) is 5.73. The highest BCUT2D eigenvalue weighted by molar-refractivity contribution is 7.10. The van der Waals surface area contributed by atoms with Crippen molar-refractivity contribution >= 4 is 11.3 Å². The average Bonchev–Trinajstić information content (AvgIpc) is 3.00. The van der Waals surface area contributed by atoms with Gasteiger partial charge in [0.25, 0.3) is 0 Å². The Kier molecular flexibility index (Phi) is 5.65. The third kappa shape index (κ3) is 3.22. The van der Waals surface area contributed by atoms with Crippen LogP contribution < -0.4 is 14.8 Å². The lowest BCUT2D eigenvalue weighted by molar-refractivity contribution is 0.377. The molecule has 0 aliphatic heterocycles. The summed E-state index contributed by atoms with van der Waals surface area (Å²) in [4.78, 5) is 1.34. The molecule has 0 fully saturated rings. The number of benzene rings is 1. The van der Waals surface area contributed by atoms with Gasteiger partial charge in [-0.3, -0.25) is 0 Å². The van der Waals surface area contributed by atoms with E-state index in [1.807, 2.05) is 18.2 Å². The molecule has 0 bridgehead atoms. The first-order chi connectivity index (χ1) is 10.3. The fourth-order valence-electron chi connectivity index (χ4n) is 2.59. The Hall–Kier alpha value is -1.52. The largest absolute Gasteiger partial charge is 0.496 e. The summed E-state index contributed by atoms with van der Waals surface area (Å²) >= 11 is 1.78. The predicted molar refractivity (Wildman–Crippen MR) is 88.8 cm³/mol. The Morgan fingerprint density at radius 3 is 2.29 bits per heavy atom. The first-order valence-corrected chi connectivity index (χ1v) is 8.15. The van der Waals surface area contributed by atoms with Gasteiger partial charge in [0.2, 0.25) is 0 Å². The van der Waals surface area contributed by atoms with Crippen molar-refractivity contribution in [2.45, 2.75) is 26.3 Å². The van der Waals surface area contributed by atoms with Crippen LogP contribution in [0, 0.1) is 0 Å². The van der Waals surface area contributed by atoms with Crippen molar-refractivity contribution in [3.05, 3.63) is 45.6 Å². The van der Waals surface area contributed by atoms with E-state index in [0.717, 1.165) is 30.0 Å². The van der Waals surface area contributed by atoms with E-state index in [1.165, 1.54) is 10.4 Å². The Morgan fingerprint density at radius 1 is 1.10 bits per heavy atom. The monoisotopic (exact) mass is 305 g/mol. The lowest BCUT2D eigenvalue weighted by Gasteiger charge is -2.23. The Balaban J connectivity index is 2.57. The summed E-state index contributed by atoms with van der Waals surface area (Å²) in [5.41, 5.74) is 2.44. The van der Waals surface area contributed by atoms with Crippen LogP contribution in [0.1, 0.15) is 35.9 Å². The molecule has 21 heavy (non-hydrogen) atoms. The highest BCUT2D eigenvalue weighted by Crippen LogP contribution is 2.40. The van der Waals surface area contributed by atoms with Gasteiger partial charge in [-0.1, -0.05) is 19.9 Å². The highest BCUT2D eigenvalue weighted by Gasteiger charge is 2.24. The second kappa shape index (κ2) is 7.48. The van der Waals surface area contributed by atoms with Crippen LogP contribution in [0.15, 0.2) is 29.6 Å². The maximum atomic E-state index is 5.57. The Morgan fingerprint density at radius 2 is 1.76 bits per heavy atom. The van der Waals surface area contributed by atoms with Crippen LogP contribution >= 0.6 is 11.3 Å². The molecule has 0 spiro atoms. The van der Waals surface area contributed by atoms with Crippen LogP contribution in [0.25, 0.3) is 0 Å². The van der Waals surface area contributed by atoms with Crippen LogP contribution in [-0.2, 0) is 6.42 Å². The molecule has 2 rings (SSSR count). The zero-order valence-corrected chi connectivity index (χ0v) is 13.9. The molecular formula is C17H23NO2S. The smallest absolute Gasteiger partial charge is 0.127 e. The number of hydrogen-bond acceptors (Lipinski definition) is 4. The lowest BCUT2D eigenvalue weighted by Crippen LogP contribution is -2.23. The molecule has 4 heteroatoms. The molecular weight excluding hydrogens is 282 g/mol. The van der Waals surface area contributed by atoms with Crippen molar-refractivity contribution in [1.82, 2.24) is 5.32 Å². The summed E-state index contributed by atoms with van der Waals surface area (Å²) in [6.07, 6.45) is 1.03. The fraction of sp³-hybridized carbons (Fsp3) is 0.412. The summed E-state index contributed by atoms with van der Waals surface area (Å²) < 4.78 is 11.1. The molecule has 1 heterocycles. The van der Waals surface area contributed by atoms with Crippen molar-refractivity contribution in [3.63, 3.8) is 0 Å². The van der Waals surface area contributed by atoms with E-state index in [1.54, 1.807) is 25.6 Å². The van der Waals surface area contributed by atoms with Crippen molar-refractivity contribution < 1.29 is 9.47 Å². The fourth-order valence-corrected chi connectivity index (χ4v) is 3.67. The van der Waals surface area contributed by atoms with Crippen molar-refractivity contribution in [2.75, 3.05) is 20.8 Å². The van der Waals surface area contributed by atoms with Gasteiger partial charge in [0.1, 0.15) is 11.5 Å². The Bertz CT molecular complexity index is 558. The molecule has 1 aromatic carbocycles. The van der Waals surface area contributed by atoms with E-state index in [9.17, 15) is 0 Å². The summed E-state index contributed by atoms with van der Waals surface area (Å²) in [6, 6.07) is 8.23. The SMILES string of the molecule is CCNC(c1sccc1CC)c1c(OC)cccc1OC. The third-order valence-corrected chi connectivity index (χ3v) is 4.61. The average molecular weight is 305 g/mol. The quantitative estimate of drug-likeness (QED) is 0.838. The van der Waals surface area contributed by atoms with Crippen molar-refractivity contribution in [1.29, 1.82) is 0 Å². The molecule has 0 aliphatic rings. The first kappa shape index (κ1) is 15.9.